The van der Waals surface area contributed by atoms with Gasteiger partial charge in [-0.2, -0.15) is 5.26 Å². The van der Waals surface area contributed by atoms with Crippen molar-refractivity contribution in [1.29, 1.82) is 5.26 Å². The van der Waals surface area contributed by atoms with Gasteiger partial charge in [-0.05, 0) is 86.1 Å². The molecule has 1 aromatic carbocycles. The number of aryl methyl sites for hydroxylation is 2. The monoisotopic (exact) mass is 550 g/mol. The zero-order valence-electron chi connectivity index (χ0n) is 24.3. The van der Waals surface area contributed by atoms with Gasteiger partial charge in [0, 0.05) is 58.4 Å². The Morgan fingerprint density at radius 3 is 2.50 bits per heavy atom. The van der Waals surface area contributed by atoms with E-state index in [1.807, 2.05) is 31.5 Å². The van der Waals surface area contributed by atoms with E-state index in [1.165, 1.54) is 16.7 Å². The Bertz CT molecular complexity index is 1740. The Balaban J connectivity index is 1.43. The van der Waals surface area contributed by atoms with Gasteiger partial charge in [0.25, 0.3) is 0 Å². The molecule has 4 heterocycles. The van der Waals surface area contributed by atoms with Crippen LogP contribution in [-0.4, -0.2) is 15.0 Å². The van der Waals surface area contributed by atoms with Crippen molar-refractivity contribution in [3.05, 3.63) is 148 Å². The molecule has 1 aliphatic carbocycles. The highest BCUT2D eigenvalue weighted by atomic mass is 16.5. The molecule has 0 saturated heterocycles. The molecule has 3 aromatic heterocycles. The molecule has 5 heteroatoms. The topological polar surface area (TPSA) is 71.7 Å². The summed E-state index contributed by atoms with van der Waals surface area (Å²) in [5, 5.41) is 9.35. The number of pyridine rings is 3. The van der Waals surface area contributed by atoms with Crippen LogP contribution in [0.15, 0.2) is 103 Å². The minimum Gasteiger partial charge on any atom is -0.466 e. The predicted molar refractivity (Wildman–Crippen MR) is 166 cm³/mol. The minimum absolute atomic E-state index is 0.120. The van der Waals surface area contributed by atoms with Crippen molar-refractivity contribution in [3.8, 4) is 6.07 Å². The van der Waals surface area contributed by atoms with E-state index in [9.17, 15) is 5.26 Å². The van der Waals surface area contributed by atoms with E-state index in [1.54, 1.807) is 12.3 Å². The summed E-state index contributed by atoms with van der Waals surface area (Å²) < 4.78 is 5.88. The number of rotatable bonds is 6. The summed E-state index contributed by atoms with van der Waals surface area (Å²) >= 11 is 0. The molecule has 0 amide bonds. The van der Waals surface area contributed by atoms with E-state index >= 15 is 0 Å². The molecule has 0 N–H and O–H groups in total. The molecule has 208 valence electrons. The first-order valence-corrected chi connectivity index (χ1v) is 14.5. The second kappa shape index (κ2) is 11.6. The van der Waals surface area contributed by atoms with Crippen molar-refractivity contribution >= 4 is 11.1 Å². The normalized spacial score (nSPS) is 18.9. The van der Waals surface area contributed by atoms with Crippen LogP contribution in [0.4, 0.5) is 0 Å². The average Bonchev–Trinajstić information content (AvgIpc) is 3.16. The van der Waals surface area contributed by atoms with E-state index in [4.69, 9.17) is 14.7 Å². The van der Waals surface area contributed by atoms with Crippen LogP contribution in [0.5, 0.6) is 0 Å². The molecule has 3 atom stereocenters. The maximum absolute atomic E-state index is 9.35. The minimum atomic E-state index is 0.120. The lowest BCUT2D eigenvalue weighted by atomic mass is 9.82. The molecule has 6 rings (SSSR count). The van der Waals surface area contributed by atoms with Crippen molar-refractivity contribution in [2.24, 2.45) is 11.8 Å². The lowest BCUT2D eigenvalue weighted by Gasteiger charge is -2.23. The fourth-order valence-electron chi connectivity index (χ4n) is 6.40. The van der Waals surface area contributed by atoms with Crippen molar-refractivity contribution < 1.29 is 4.74 Å². The van der Waals surface area contributed by atoms with Gasteiger partial charge in [0.15, 0.2) is 0 Å². The van der Waals surface area contributed by atoms with Gasteiger partial charge in [0.1, 0.15) is 23.3 Å². The lowest BCUT2D eigenvalue weighted by molar-refractivity contribution is 0.312. The summed E-state index contributed by atoms with van der Waals surface area (Å²) in [7, 11) is 0. The largest absolute Gasteiger partial charge is 0.466 e. The van der Waals surface area contributed by atoms with Crippen LogP contribution < -0.4 is 0 Å². The molecule has 0 saturated carbocycles. The quantitative estimate of drug-likeness (QED) is 0.242. The zero-order chi connectivity index (χ0) is 29.2. The summed E-state index contributed by atoms with van der Waals surface area (Å²) in [5.74, 6) is 2.22. The van der Waals surface area contributed by atoms with Crippen LogP contribution in [0.2, 0.25) is 0 Å². The fourth-order valence-corrected chi connectivity index (χ4v) is 6.40. The maximum Gasteiger partial charge on any atom is 0.140 e. The highest BCUT2D eigenvalue weighted by Gasteiger charge is 2.29. The molecule has 2 aliphatic rings. The van der Waals surface area contributed by atoms with Gasteiger partial charge in [-0.15, -0.1) is 0 Å². The Morgan fingerprint density at radius 2 is 1.81 bits per heavy atom. The molecule has 3 unspecified atom stereocenters. The van der Waals surface area contributed by atoms with Crippen molar-refractivity contribution in [1.82, 2.24) is 15.0 Å². The Morgan fingerprint density at radius 1 is 1.00 bits per heavy atom. The number of benzene rings is 1. The maximum atomic E-state index is 9.35. The van der Waals surface area contributed by atoms with Crippen LogP contribution in [-0.2, 0) is 11.2 Å². The number of nitrogens with zero attached hydrogens (tertiary/aromatic N) is 4. The molecule has 5 nitrogen and oxygen atoms in total. The van der Waals surface area contributed by atoms with Gasteiger partial charge in [-0.25, -0.2) is 4.98 Å². The van der Waals surface area contributed by atoms with Crippen LogP contribution >= 0.6 is 0 Å². The van der Waals surface area contributed by atoms with Crippen LogP contribution in [0.1, 0.15) is 77.5 Å². The van der Waals surface area contributed by atoms with E-state index in [0.29, 0.717) is 5.69 Å². The van der Waals surface area contributed by atoms with Crippen molar-refractivity contribution in [3.63, 3.8) is 0 Å². The number of fused-ring (bicyclic) bond motifs is 1. The third kappa shape index (κ3) is 5.29. The first-order chi connectivity index (χ1) is 20.4. The Labute approximate surface area is 248 Å². The first kappa shape index (κ1) is 27.4. The second-order valence-corrected chi connectivity index (χ2v) is 11.3. The molecule has 1 aliphatic heterocycles. The average molecular weight is 551 g/mol. The van der Waals surface area contributed by atoms with Crippen molar-refractivity contribution in [2.75, 3.05) is 0 Å². The summed E-state index contributed by atoms with van der Waals surface area (Å²) in [5.41, 5.74) is 10.5. The molecule has 0 bridgehead atoms. The van der Waals surface area contributed by atoms with Gasteiger partial charge in [-0.3, -0.25) is 9.97 Å². The van der Waals surface area contributed by atoms with Gasteiger partial charge in [0.05, 0.1) is 5.69 Å². The molecule has 0 fully saturated rings. The number of hydrogen-bond acceptors (Lipinski definition) is 5. The first-order valence-electron chi connectivity index (χ1n) is 14.5. The molecule has 0 spiro atoms. The molecule has 42 heavy (non-hydrogen) atoms. The summed E-state index contributed by atoms with van der Waals surface area (Å²) in [6, 6.07) is 23.0. The van der Waals surface area contributed by atoms with Crippen LogP contribution in [0, 0.1) is 30.1 Å². The molecule has 4 aromatic rings. The summed E-state index contributed by atoms with van der Waals surface area (Å²) in [6.07, 6.45) is 10.8. The second-order valence-electron chi connectivity index (χ2n) is 11.3. The van der Waals surface area contributed by atoms with Gasteiger partial charge < -0.3 is 4.74 Å². The van der Waals surface area contributed by atoms with Crippen LogP contribution in [0.3, 0.4) is 0 Å². The number of ether oxygens (including phenoxy) is 1. The smallest absolute Gasteiger partial charge is 0.140 e. The number of aromatic nitrogens is 3. The third-order valence-corrected chi connectivity index (χ3v) is 8.64. The SMILES string of the molecule is C=C1OC(C)=C(c2cnc3c(c2)CCC(CC(c2ccccn2)c2ccccc2C)C=C3c2ccc(C#N)nc2)C1C. The number of allylic oxidation sites excluding steroid dienone is 3. The predicted octanol–water partition coefficient (Wildman–Crippen LogP) is 8.18. The molecular formula is C37H34N4O. The standard InChI is InChI=1S/C37H34N4O/c1-23-9-5-6-10-32(23)34(35-11-7-8-16-39-35)18-27-12-13-28-19-30(36-24(2)25(3)42-26(36)4)22-41-37(28)33(17-27)29-14-15-31(20-38)40-21-29/h5-11,14-17,19,21-22,24,27,34H,3,12-13,18H2,1-2,4H3. The summed E-state index contributed by atoms with van der Waals surface area (Å²) in [6.45, 7) is 10.4. The van der Waals surface area contributed by atoms with E-state index < -0.39 is 0 Å². The van der Waals surface area contributed by atoms with Crippen LogP contribution in [0.25, 0.3) is 11.1 Å². The molecule has 0 radical (unpaired) electrons. The molecular weight excluding hydrogens is 516 g/mol. The van der Waals surface area contributed by atoms with E-state index in [-0.39, 0.29) is 17.8 Å². The van der Waals surface area contributed by atoms with Crippen molar-refractivity contribution in [2.45, 2.75) is 46.0 Å². The highest BCUT2D eigenvalue weighted by molar-refractivity contribution is 5.81. The number of nitriles is 1. The fraction of sp³-hybridized carbons (Fsp3) is 0.243. The Hall–Kier alpha value is -4.82. The van der Waals surface area contributed by atoms with Gasteiger partial charge >= 0.3 is 0 Å². The third-order valence-electron chi connectivity index (χ3n) is 8.64. The van der Waals surface area contributed by atoms with Gasteiger partial charge in [-0.1, -0.05) is 49.9 Å². The highest BCUT2D eigenvalue weighted by Crippen LogP contribution is 2.42. The lowest BCUT2D eigenvalue weighted by Crippen LogP contribution is -2.11. The zero-order valence-corrected chi connectivity index (χ0v) is 24.3. The van der Waals surface area contributed by atoms with Gasteiger partial charge in [0.2, 0.25) is 0 Å². The van der Waals surface area contributed by atoms with E-state index in [2.05, 4.69) is 80.0 Å². The number of hydrogen-bond donors (Lipinski definition) is 0. The summed E-state index contributed by atoms with van der Waals surface area (Å²) in [4.78, 5) is 14.3. The Kier molecular flexibility index (Phi) is 7.54. The van der Waals surface area contributed by atoms with E-state index in [0.717, 1.165) is 64.4 Å².